The van der Waals surface area contributed by atoms with Gasteiger partial charge in [0.15, 0.2) is 5.82 Å². The van der Waals surface area contributed by atoms with E-state index in [1.165, 1.54) is 0 Å². The van der Waals surface area contributed by atoms with Crippen LogP contribution in [0.25, 0.3) is 5.65 Å². The molecule has 3 aromatic heterocycles. The SMILES string of the molecule is O=C(Cc1ccncc1)Nc1cccc(Oc2ccc3nc(NC(=O)C4CC4)cn3c2)c1. The van der Waals surface area contributed by atoms with E-state index in [4.69, 9.17) is 4.74 Å². The number of imidazole rings is 1. The van der Waals surface area contributed by atoms with Crippen molar-refractivity contribution in [3.63, 3.8) is 0 Å². The summed E-state index contributed by atoms with van der Waals surface area (Å²) in [5, 5.41) is 5.74. The fourth-order valence-corrected chi connectivity index (χ4v) is 3.33. The summed E-state index contributed by atoms with van der Waals surface area (Å²) in [5.41, 5.74) is 2.25. The Bertz CT molecular complexity index is 1280. The first-order valence-electron chi connectivity index (χ1n) is 10.4. The molecule has 8 heteroatoms. The molecule has 0 bridgehead atoms. The van der Waals surface area contributed by atoms with Gasteiger partial charge < -0.3 is 19.8 Å². The minimum atomic E-state index is -0.117. The number of nitrogens with one attached hydrogen (secondary N) is 2. The number of rotatable bonds is 7. The Morgan fingerprint density at radius 2 is 1.84 bits per heavy atom. The summed E-state index contributed by atoms with van der Waals surface area (Å²) >= 11 is 0. The predicted octanol–water partition coefficient (Wildman–Crippen LogP) is 4.05. The number of carbonyl (C=O) groups excluding carboxylic acids is 2. The van der Waals surface area contributed by atoms with Crippen molar-refractivity contribution in [3.05, 3.63) is 78.9 Å². The van der Waals surface area contributed by atoms with E-state index >= 15 is 0 Å². The number of carbonyl (C=O) groups is 2. The lowest BCUT2D eigenvalue weighted by molar-refractivity contribution is -0.117. The van der Waals surface area contributed by atoms with E-state index in [1.54, 1.807) is 35.3 Å². The largest absolute Gasteiger partial charge is 0.456 e. The van der Waals surface area contributed by atoms with Crippen LogP contribution in [0.15, 0.2) is 73.3 Å². The van der Waals surface area contributed by atoms with Crippen LogP contribution < -0.4 is 15.4 Å². The highest BCUT2D eigenvalue weighted by atomic mass is 16.5. The van der Waals surface area contributed by atoms with Gasteiger partial charge >= 0.3 is 0 Å². The molecule has 32 heavy (non-hydrogen) atoms. The van der Waals surface area contributed by atoms with Crippen molar-refractivity contribution in [2.75, 3.05) is 10.6 Å². The summed E-state index contributed by atoms with van der Waals surface area (Å²) in [6.07, 6.45) is 9.05. The third-order valence-corrected chi connectivity index (χ3v) is 5.09. The third kappa shape index (κ3) is 4.75. The maximum Gasteiger partial charge on any atom is 0.228 e. The van der Waals surface area contributed by atoms with Crippen molar-refractivity contribution in [2.45, 2.75) is 19.3 Å². The van der Waals surface area contributed by atoms with Crippen LogP contribution >= 0.6 is 0 Å². The minimum Gasteiger partial charge on any atom is -0.456 e. The number of anilines is 2. The smallest absolute Gasteiger partial charge is 0.228 e. The number of fused-ring (bicyclic) bond motifs is 1. The van der Waals surface area contributed by atoms with Crippen LogP contribution in [-0.4, -0.2) is 26.2 Å². The molecule has 1 saturated carbocycles. The summed E-state index contributed by atoms with van der Waals surface area (Å²) in [5.74, 6) is 1.75. The van der Waals surface area contributed by atoms with Gasteiger partial charge in [-0.05, 0) is 54.8 Å². The van der Waals surface area contributed by atoms with E-state index in [2.05, 4.69) is 20.6 Å². The number of hydrogen-bond acceptors (Lipinski definition) is 5. The molecule has 2 N–H and O–H groups in total. The lowest BCUT2D eigenvalue weighted by Gasteiger charge is -2.09. The molecular formula is C24H21N5O3. The normalized spacial score (nSPS) is 13.0. The van der Waals surface area contributed by atoms with Crippen molar-refractivity contribution in [3.8, 4) is 11.5 Å². The molecule has 0 spiro atoms. The topological polar surface area (TPSA) is 97.6 Å². The third-order valence-electron chi connectivity index (χ3n) is 5.09. The van der Waals surface area contributed by atoms with Crippen LogP contribution in [0.1, 0.15) is 18.4 Å². The van der Waals surface area contributed by atoms with Gasteiger partial charge in [0.2, 0.25) is 11.8 Å². The minimum absolute atomic E-state index is 0.0210. The second-order valence-electron chi connectivity index (χ2n) is 7.73. The Balaban J connectivity index is 1.25. The van der Waals surface area contributed by atoms with E-state index in [0.29, 0.717) is 28.7 Å². The van der Waals surface area contributed by atoms with Crippen molar-refractivity contribution < 1.29 is 14.3 Å². The molecule has 4 aromatic rings. The Hall–Kier alpha value is -4.20. The van der Waals surface area contributed by atoms with Crippen LogP contribution in [0.2, 0.25) is 0 Å². The van der Waals surface area contributed by atoms with E-state index in [-0.39, 0.29) is 24.2 Å². The lowest BCUT2D eigenvalue weighted by Crippen LogP contribution is -2.14. The highest BCUT2D eigenvalue weighted by Crippen LogP contribution is 2.30. The van der Waals surface area contributed by atoms with Crippen LogP contribution in [0, 0.1) is 5.92 Å². The average molecular weight is 427 g/mol. The van der Waals surface area contributed by atoms with E-state index in [9.17, 15) is 9.59 Å². The molecule has 1 aliphatic carbocycles. The van der Waals surface area contributed by atoms with Gasteiger partial charge in [-0.2, -0.15) is 0 Å². The van der Waals surface area contributed by atoms with Crippen LogP contribution in [0.4, 0.5) is 11.5 Å². The fraction of sp³-hybridized carbons (Fsp3) is 0.167. The molecule has 1 fully saturated rings. The molecule has 0 radical (unpaired) electrons. The molecule has 3 heterocycles. The zero-order chi connectivity index (χ0) is 21.9. The van der Waals surface area contributed by atoms with Gasteiger partial charge in [-0.15, -0.1) is 0 Å². The highest BCUT2D eigenvalue weighted by molar-refractivity contribution is 5.93. The van der Waals surface area contributed by atoms with Crippen molar-refractivity contribution >= 4 is 29.0 Å². The quantitative estimate of drug-likeness (QED) is 0.464. The van der Waals surface area contributed by atoms with Gasteiger partial charge in [0.05, 0.1) is 18.8 Å². The molecule has 0 unspecified atom stereocenters. The first-order chi connectivity index (χ1) is 15.6. The van der Waals surface area contributed by atoms with E-state index in [1.807, 2.05) is 42.5 Å². The fourth-order valence-electron chi connectivity index (χ4n) is 3.33. The number of benzene rings is 1. The zero-order valence-electron chi connectivity index (χ0n) is 17.2. The first-order valence-corrected chi connectivity index (χ1v) is 10.4. The van der Waals surface area contributed by atoms with Crippen molar-refractivity contribution in [1.82, 2.24) is 14.4 Å². The zero-order valence-corrected chi connectivity index (χ0v) is 17.2. The molecule has 1 aliphatic rings. The Kier molecular flexibility index (Phi) is 5.25. The molecule has 2 amide bonds. The highest BCUT2D eigenvalue weighted by Gasteiger charge is 2.30. The molecular weight excluding hydrogens is 406 g/mol. The summed E-state index contributed by atoms with van der Waals surface area (Å²) in [7, 11) is 0. The van der Waals surface area contributed by atoms with Crippen LogP contribution in [0.3, 0.4) is 0 Å². The van der Waals surface area contributed by atoms with Gasteiger partial charge in [-0.3, -0.25) is 14.6 Å². The summed E-state index contributed by atoms with van der Waals surface area (Å²) in [6.45, 7) is 0. The lowest BCUT2D eigenvalue weighted by atomic mass is 10.2. The Labute approximate surface area is 184 Å². The summed E-state index contributed by atoms with van der Waals surface area (Å²) in [4.78, 5) is 32.6. The summed E-state index contributed by atoms with van der Waals surface area (Å²) in [6, 6.07) is 14.5. The van der Waals surface area contributed by atoms with Gasteiger partial charge in [-0.25, -0.2) is 4.98 Å². The molecule has 1 aromatic carbocycles. The molecule has 160 valence electrons. The monoisotopic (exact) mass is 427 g/mol. The van der Waals surface area contributed by atoms with Gasteiger partial charge in [0.25, 0.3) is 0 Å². The first kappa shape index (κ1) is 19.7. The van der Waals surface area contributed by atoms with Crippen LogP contribution in [0.5, 0.6) is 11.5 Å². The Morgan fingerprint density at radius 1 is 1.00 bits per heavy atom. The van der Waals surface area contributed by atoms with Crippen molar-refractivity contribution in [2.24, 2.45) is 5.92 Å². The standard InChI is InChI=1S/C24H21N5O3/c30-23(12-16-8-10-25-11-9-16)26-18-2-1-3-19(13-18)32-20-6-7-22-27-21(15-29(22)14-20)28-24(31)17-4-5-17/h1-3,6-11,13-15,17H,4-5,12H2,(H,26,30)(H,28,31). The van der Waals surface area contributed by atoms with Gasteiger partial charge in [-0.1, -0.05) is 6.07 Å². The van der Waals surface area contributed by atoms with Crippen LogP contribution in [-0.2, 0) is 16.0 Å². The molecule has 8 nitrogen and oxygen atoms in total. The Morgan fingerprint density at radius 3 is 2.66 bits per heavy atom. The number of nitrogens with zero attached hydrogens (tertiary/aromatic N) is 3. The number of ether oxygens (including phenoxy) is 1. The maximum atomic E-state index is 12.3. The number of aromatic nitrogens is 3. The van der Waals surface area contributed by atoms with Gasteiger partial charge in [0, 0.05) is 30.1 Å². The van der Waals surface area contributed by atoms with Crippen molar-refractivity contribution in [1.29, 1.82) is 0 Å². The second kappa shape index (κ2) is 8.50. The number of pyridine rings is 2. The maximum absolute atomic E-state index is 12.3. The summed E-state index contributed by atoms with van der Waals surface area (Å²) < 4.78 is 7.77. The predicted molar refractivity (Wildman–Crippen MR) is 120 cm³/mol. The molecule has 0 saturated heterocycles. The van der Waals surface area contributed by atoms with Gasteiger partial charge in [0.1, 0.15) is 17.1 Å². The molecule has 0 atom stereocenters. The molecule has 5 rings (SSSR count). The van der Waals surface area contributed by atoms with E-state index in [0.717, 1.165) is 18.4 Å². The number of hydrogen-bond donors (Lipinski definition) is 2. The molecule has 0 aliphatic heterocycles. The average Bonchev–Trinajstić information content (AvgIpc) is 3.55. The second-order valence-corrected chi connectivity index (χ2v) is 7.73. The van der Waals surface area contributed by atoms with E-state index < -0.39 is 0 Å². The number of amides is 2.